The second-order valence-corrected chi connectivity index (χ2v) is 4.70. The summed E-state index contributed by atoms with van der Waals surface area (Å²) in [5.41, 5.74) is 7.19. The molecule has 0 radical (unpaired) electrons. The summed E-state index contributed by atoms with van der Waals surface area (Å²) < 4.78 is 0. The van der Waals surface area contributed by atoms with Gasteiger partial charge in [0.05, 0.1) is 11.6 Å². The molecule has 1 atom stereocenters. The molecule has 0 saturated heterocycles. The van der Waals surface area contributed by atoms with Gasteiger partial charge < -0.3 is 11.1 Å². The van der Waals surface area contributed by atoms with Crippen molar-refractivity contribution in [1.82, 2.24) is 4.98 Å². The summed E-state index contributed by atoms with van der Waals surface area (Å²) in [4.78, 5) is 4.36. The second-order valence-electron chi connectivity index (χ2n) is 4.70. The van der Waals surface area contributed by atoms with E-state index in [9.17, 15) is 0 Å². The van der Waals surface area contributed by atoms with Gasteiger partial charge in [-0.2, -0.15) is 5.26 Å². The fourth-order valence-electron chi connectivity index (χ4n) is 1.80. The standard InChI is InChI=1S/C13H20N4/c1-9(2)4-12(8-15)17-13-6-11(7-14)5-10(3)16-13/h5-6,9,12H,4,8,15H2,1-3H3,(H,16,17). The molecule has 0 aliphatic carbocycles. The van der Waals surface area contributed by atoms with Crippen LogP contribution < -0.4 is 11.1 Å². The monoisotopic (exact) mass is 232 g/mol. The minimum Gasteiger partial charge on any atom is -0.366 e. The van der Waals surface area contributed by atoms with Crippen molar-refractivity contribution in [2.75, 3.05) is 11.9 Å². The summed E-state index contributed by atoms with van der Waals surface area (Å²) in [6.45, 7) is 6.77. The highest BCUT2D eigenvalue weighted by molar-refractivity contribution is 5.45. The molecule has 1 aromatic rings. The molecule has 0 spiro atoms. The average Bonchev–Trinajstić information content (AvgIpc) is 2.26. The number of nitriles is 1. The van der Waals surface area contributed by atoms with Crippen LogP contribution in [0.2, 0.25) is 0 Å². The molecule has 4 heteroatoms. The zero-order chi connectivity index (χ0) is 12.8. The molecule has 0 aliphatic rings. The summed E-state index contributed by atoms with van der Waals surface area (Å²) in [6, 6.07) is 5.86. The smallest absolute Gasteiger partial charge is 0.127 e. The predicted octanol–water partition coefficient (Wildman–Crippen LogP) is 2.05. The van der Waals surface area contributed by atoms with Crippen LogP contribution in [0.3, 0.4) is 0 Å². The van der Waals surface area contributed by atoms with Gasteiger partial charge in [0.2, 0.25) is 0 Å². The van der Waals surface area contributed by atoms with Crippen molar-refractivity contribution < 1.29 is 0 Å². The van der Waals surface area contributed by atoms with Gasteiger partial charge in [-0.25, -0.2) is 4.98 Å². The normalized spacial score (nSPS) is 12.2. The molecule has 0 amide bonds. The lowest BCUT2D eigenvalue weighted by Gasteiger charge is -2.19. The number of nitrogens with two attached hydrogens (primary N) is 1. The molecule has 0 aliphatic heterocycles. The Morgan fingerprint density at radius 2 is 2.18 bits per heavy atom. The summed E-state index contributed by atoms with van der Waals surface area (Å²) in [6.07, 6.45) is 0.994. The summed E-state index contributed by atoms with van der Waals surface area (Å²) in [7, 11) is 0. The number of aromatic nitrogens is 1. The van der Waals surface area contributed by atoms with Gasteiger partial charge in [0, 0.05) is 18.3 Å². The maximum Gasteiger partial charge on any atom is 0.127 e. The molecule has 1 aromatic heterocycles. The molecule has 1 rings (SSSR count). The first-order chi connectivity index (χ1) is 8.05. The maximum absolute atomic E-state index is 8.89. The predicted molar refractivity (Wildman–Crippen MR) is 69.6 cm³/mol. The van der Waals surface area contributed by atoms with Gasteiger partial charge in [0.25, 0.3) is 0 Å². The Kier molecular flexibility index (Phi) is 4.92. The van der Waals surface area contributed by atoms with Crippen molar-refractivity contribution >= 4 is 5.82 Å². The number of aryl methyl sites for hydroxylation is 1. The molecule has 1 unspecified atom stereocenters. The second kappa shape index (κ2) is 6.21. The van der Waals surface area contributed by atoms with E-state index in [1.807, 2.05) is 6.92 Å². The van der Waals surface area contributed by atoms with Crippen molar-refractivity contribution in [1.29, 1.82) is 5.26 Å². The number of nitrogens with zero attached hydrogens (tertiary/aromatic N) is 2. The third-order valence-electron chi connectivity index (χ3n) is 2.47. The lowest BCUT2D eigenvalue weighted by atomic mass is 10.0. The van der Waals surface area contributed by atoms with Crippen LogP contribution in [0.4, 0.5) is 5.82 Å². The first-order valence-electron chi connectivity index (χ1n) is 5.90. The highest BCUT2D eigenvalue weighted by Gasteiger charge is 2.10. The van der Waals surface area contributed by atoms with Crippen LogP contribution >= 0.6 is 0 Å². The molecule has 0 bridgehead atoms. The SMILES string of the molecule is Cc1cc(C#N)cc(NC(CN)CC(C)C)n1. The van der Waals surface area contributed by atoms with Crippen molar-refractivity contribution in [2.24, 2.45) is 11.7 Å². The molecule has 0 saturated carbocycles. The highest BCUT2D eigenvalue weighted by atomic mass is 15.0. The quantitative estimate of drug-likeness (QED) is 0.814. The largest absolute Gasteiger partial charge is 0.366 e. The molecule has 1 heterocycles. The van der Waals surface area contributed by atoms with E-state index in [0.717, 1.165) is 17.9 Å². The number of pyridine rings is 1. The van der Waals surface area contributed by atoms with Crippen LogP contribution in [-0.4, -0.2) is 17.6 Å². The summed E-state index contributed by atoms with van der Waals surface area (Å²) in [5, 5.41) is 12.2. The molecule has 3 N–H and O–H groups in total. The number of hydrogen-bond acceptors (Lipinski definition) is 4. The molecule has 0 aromatic carbocycles. The molecule has 92 valence electrons. The zero-order valence-corrected chi connectivity index (χ0v) is 10.7. The third kappa shape index (κ3) is 4.41. The van der Waals surface area contributed by atoms with Crippen LogP contribution in [0, 0.1) is 24.2 Å². The van der Waals surface area contributed by atoms with Gasteiger partial charge in [0.1, 0.15) is 5.82 Å². The topological polar surface area (TPSA) is 74.7 Å². The Balaban J connectivity index is 2.79. The van der Waals surface area contributed by atoms with E-state index in [0.29, 0.717) is 18.0 Å². The lowest BCUT2D eigenvalue weighted by Crippen LogP contribution is -2.30. The van der Waals surface area contributed by atoms with E-state index in [1.165, 1.54) is 0 Å². The van der Waals surface area contributed by atoms with Gasteiger partial charge >= 0.3 is 0 Å². The first kappa shape index (κ1) is 13.5. The Hall–Kier alpha value is -1.60. The van der Waals surface area contributed by atoms with Gasteiger partial charge in [-0.3, -0.25) is 0 Å². The van der Waals surface area contributed by atoms with Crippen molar-refractivity contribution in [2.45, 2.75) is 33.2 Å². The van der Waals surface area contributed by atoms with E-state index >= 15 is 0 Å². The summed E-state index contributed by atoms with van der Waals surface area (Å²) in [5.74, 6) is 1.31. The zero-order valence-electron chi connectivity index (χ0n) is 10.7. The van der Waals surface area contributed by atoms with Gasteiger partial charge in [-0.05, 0) is 31.4 Å². The van der Waals surface area contributed by atoms with Crippen LogP contribution in [0.1, 0.15) is 31.5 Å². The lowest BCUT2D eigenvalue weighted by molar-refractivity contribution is 0.521. The molecular weight excluding hydrogens is 212 g/mol. The van der Waals surface area contributed by atoms with Crippen LogP contribution in [0.25, 0.3) is 0 Å². The van der Waals surface area contributed by atoms with Crippen molar-refractivity contribution in [3.8, 4) is 6.07 Å². The first-order valence-corrected chi connectivity index (χ1v) is 5.90. The minimum atomic E-state index is 0.204. The fourth-order valence-corrected chi connectivity index (χ4v) is 1.80. The van der Waals surface area contributed by atoms with Gasteiger partial charge in [-0.1, -0.05) is 13.8 Å². The van der Waals surface area contributed by atoms with Crippen LogP contribution in [0.15, 0.2) is 12.1 Å². The Morgan fingerprint density at radius 3 is 2.71 bits per heavy atom. The average molecular weight is 232 g/mol. The van der Waals surface area contributed by atoms with E-state index < -0.39 is 0 Å². The Morgan fingerprint density at radius 1 is 1.47 bits per heavy atom. The minimum absolute atomic E-state index is 0.204. The van der Waals surface area contributed by atoms with E-state index in [2.05, 4.69) is 30.2 Å². The number of anilines is 1. The van der Waals surface area contributed by atoms with E-state index in [1.54, 1.807) is 12.1 Å². The Bertz CT molecular complexity index is 406. The number of hydrogen-bond donors (Lipinski definition) is 2. The van der Waals surface area contributed by atoms with Gasteiger partial charge in [-0.15, -0.1) is 0 Å². The van der Waals surface area contributed by atoms with Gasteiger partial charge in [0.15, 0.2) is 0 Å². The van der Waals surface area contributed by atoms with E-state index in [-0.39, 0.29) is 6.04 Å². The molecule has 0 fully saturated rings. The molecular formula is C13H20N4. The fraction of sp³-hybridized carbons (Fsp3) is 0.538. The highest BCUT2D eigenvalue weighted by Crippen LogP contribution is 2.13. The summed E-state index contributed by atoms with van der Waals surface area (Å²) >= 11 is 0. The molecule has 17 heavy (non-hydrogen) atoms. The van der Waals surface area contributed by atoms with Crippen LogP contribution in [-0.2, 0) is 0 Å². The van der Waals surface area contributed by atoms with Crippen molar-refractivity contribution in [3.05, 3.63) is 23.4 Å². The number of nitrogens with one attached hydrogen (secondary N) is 1. The molecule has 4 nitrogen and oxygen atoms in total. The Labute approximate surface area is 103 Å². The van der Waals surface area contributed by atoms with Crippen molar-refractivity contribution in [3.63, 3.8) is 0 Å². The van der Waals surface area contributed by atoms with Crippen LogP contribution in [0.5, 0.6) is 0 Å². The maximum atomic E-state index is 8.89. The number of rotatable bonds is 5. The van der Waals surface area contributed by atoms with E-state index in [4.69, 9.17) is 11.0 Å². The third-order valence-corrected chi connectivity index (χ3v) is 2.47.